The SMILES string of the molecule is COc1ccc(/C=C\c2cccc3oc(=O)n(C)c23)cc1OC. The van der Waals surface area contributed by atoms with Gasteiger partial charge >= 0.3 is 5.76 Å². The number of methoxy groups -OCH3 is 2. The molecule has 0 atom stereocenters. The summed E-state index contributed by atoms with van der Waals surface area (Å²) < 4.78 is 17.2. The van der Waals surface area contributed by atoms with Gasteiger partial charge < -0.3 is 13.9 Å². The Hall–Kier alpha value is -2.95. The zero-order valence-corrected chi connectivity index (χ0v) is 13.2. The molecule has 1 heterocycles. The Morgan fingerprint density at radius 2 is 1.83 bits per heavy atom. The van der Waals surface area contributed by atoms with Gasteiger partial charge in [0.15, 0.2) is 17.1 Å². The maximum atomic E-state index is 11.7. The summed E-state index contributed by atoms with van der Waals surface area (Å²) in [6, 6.07) is 11.3. The summed E-state index contributed by atoms with van der Waals surface area (Å²) in [5.41, 5.74) is 3.22. The lowest BCUT2D eigenvalue weighted by Crippen LogP contribution is -2.08. The van der Waals surface area contributed by atoms with Crippen LogP contribution in [0.5, 0.6) is 11.5 Å². The first-order valence-electron chi connectivity index (χ1n) is 7.12. The van der Waals surface area contributed by atoms with Crippen LogP contribution >= 0.6 is 0 Å². The quantitative estimate of drug-likeness (QED) is 0.694. The van der Waals surface area contributed by atoms with Crippen LogP contribution in [-0.4, -0.2) is 18.8 Å². The molecule has 0 fully saturated rings. The van der Waals surface area contributed by atoms with Gasteiger partial charge in [0.1, 0.15) is 0 Å². The number of ether oxygens (including phenoxy) is 2. The number of rotatable bonds is 4. The molecule has 2 aromatic carbocycles. The Bertz CT molecular complexity index is 934. The van der Waals surface area contributed by atoms with E-state index in [0.29, 0.717) is 17.1 Å². The van der Waals surface area contributed by atoms with Crippen LogP contribution < -0.4 is 15.2 Å². The molecule has 0 bridgehead atoms. The lowest BCUT2D eigenvalue weighted by Gasteiger charge is -2.07. The Morgan fingerprint density at radius 1 is 1.04 bits per heavy atom. The van der Waals surface area contributed by atoms with Gasteiger partial charge in [-0.05, 0) is 23.8 Å². The molecule has 0 aliphatic rings. The highest BCUT2D eigenvalue weighted by Gasteiger charge is 2.08. The average Bonchev–Trinajstić information content (AvgIpc) is 2.87. The number of hydrogen-bond donors (Lipinski definition) is 0. The summed E-state index contributed by atoms with van der Waals surface area (Å²) in [6.45, 7) is 0. The van der Waals surface area contributed by atoms with Crippen LogP contribution in [-0.2, 0) is 7.05 Å². The van der Waals surface area contributed by atoms with E-state index in [0.717, 1.165) is 16.6 Å². The molecule has 0 amide bonds. The van der Waals surface area contributed by atoms with E-state index >= 15 is 0 Å². The van der Waals surface area contributed by atoms with Gasteiger partial charge in [0.05, 0.1) is 19.7 Å². The highest BCUT2D eigenvalue weighted by atomic mass is 16.5. The molecule has 0 saturated carbocycles. The Balaban J connectivity index is 2.02. The van der Waals surface area contributed by atoms with Crippen LogP contribution in [0.25, 0.3) is 23.3 Å². The van der Waals surface area contributed by atoms with Crippen LogP contribution in [0.4, 0.5) is 0 Å². The first-order chi connectivity index (χ1) is 11.1. The van der Waals surface area contributed by atoms with E-state index < -0.39 is 0 Å². The average molecular weight is 311 g/mol. The second-order valence-electron chi connectivity index (χ2n) is 5.07. The molecular formula is C18H17NO4. The minimum Gasteiger partial charge on any atom is -0.493 e. The second-order valence-corrected chi connectivity index (χ2v) is 5.07. The van der Waals surface area contributed by atoms with Crippen molar-refractivity contribution in [2.45, 2.75) is 0 Å². The zero-order chi connectivity index (χ0) is 16.4. The van der Waals surface area contributed by atoms with Crippen LogP contribution in [0.2, 0.25) is 0 Å². The Kier molecular flexibility index (Phi) is 3.93. The molecule has 1 aromatic heterocycles. The largest absolute Gasteiger partial charge is 0.493 e. The smallest absolute Gasteiger partial charge is 0.419 e. The Morgan fingerprint density at radius 3 is 2.57 bits per heavy atom. The third-order valence-electron chi connectivity index (χ3n) is 3.70. The van der Waals surface area contributed by atoms with E-state index in [4.69, 9.17) is 13.9 Å². The van der Waals surface area contributed by atoms with Crippen LogP contribution in [0.15, 0.2) is 45.6 Å². The van der Waals surface area contributed by atoms with Gasteiger partial charge in [0.25, 0.3) is 0 Å². The van der Waals surface area contributed by atoms with Gasteiger partial charge in [0.2, 0.25) is 0 Å². The van der Waals surface area contributed by atoms with E-state index in [1.54, 1.807) is 27.3 Å². The molecule has 118 valence electrons. The van der Waals surface area contributed by atoms with Crippen molar-refractivity contribution in [2.24, 2.45) is 7.05 Å². The molecule has 0 aliphatic carbocycles. The number of nitrogens with zero attached hydrogens (tertiary/aromatic N) is 1. The minimum atomic E-state index is -0.369. The predicted molar refractivity (Wildman–Crippen MR) is 89.9 cm³/mol. The topological polar surface area (TPSA) is 53.6 Å². The summed E-state index contributed by atoms with van der Waals surface area (Å²) in [7, 11) is 4.91. The molecule has 0 aliphatic heterocycles. The summed E-state index contributed by atoms with van der Waals surface area (Å²) in [5, 5.41) is 0. The van der Waals surface area contributed by atoms with Gasteiger partial charge in [-0.15, -0.1) is 0 Å². The van der Waals surface area contributed by atoms with Crippen LogP contribution in [0.3, 0.4) is 0 Å². The van der Waals surface area contributed by atoms with Crippen molar-refractivity contribution in [2.75, 3.05) is 14.2 Å². The van der Waals surface area contributed by atoms with Gasteiger partial charge in [-0.25, -0.2) is 4.79 Å². The maximum Gasteiger partial charge on any atom is 0.419 e. The summed E-state index contributed by atoms with van der Waals surface area (Å²) in [4.78, 5) is 11.7. The molecule has 0 unspecified atom stereocenters. The summed E-state index contributed by atoms with van der Waals surface area (Å²) >= 11 is 0. The zero-order valence-electron chi connectivity index (χ0n) is 13.2. The molecule has 5 heteroatoms. The maximum absolute atomic E-state index is 11.7. The molecule has 23 heavy (non-hydrogen) atoms. The number of benzene rings is 2. The fraction of sp³-hybridized carbons (Fsp3) is 0.167. The van der Waals surface area contributed by atoms with Crippen molar-refractivity contribution in [1.82, 2.24) is 4.57 Å². The van der Waals surface area contributed by atoms with E-state index in [9.17, 15) is 4.79 Å². The van der Waals surface area contributed by atoms with E-state index in [1.807, 2.05) is 42.5 Å². The number of oxazole rings is 1. The van der Waals surface area contributed by atoms with Crippen molar-refractivity contribution < 1.29 is 13.9 Å². The van der Waals surface area contributed by atoms with E-state index in [2.05, 4.69) is 0 Å². The van der Waals surface area contributed by atoms with Crippen LogP contribution in [0, 0.1) is 0 Å². The lowest BCUT2D eigenvalue weighted by atomic mass is 10.1. The van der Waals surface area contributed by atoms with Crippen molar-refractivity contribution >= 4 is 23.3 Å². The predicted octanol–water partition coefficient (Wildman–Crippen LogP) is 3.32. The monoisotopic (exact) mass is 311 g/mol. The number of aryl methyl sites for hydroxylation is 1. The second kappa shape index (κ2) is 6.04. The number of hydrogen-bond acceptors (Lipinski definition) is 4. The molecule has 5 nitrogen and oxygen atoms in total. The van der Waals surface area contributed by atoms with Crippen molar-refractivity contribution in [3.05, 3.63) is 58.1 Å². The van der Waals surface area contributed by atoms with E-state index in [1.165, 1.54) is 4.57 Å². The molecule has 0 N–H and O–H groups in total. The molecule has 3 rings (SSSR count). The number of aromatic nitrogens is 1. The third-order valence-corrected chi connectivity index (χ3v) is 3.70. The highest BCUT2D eigenvalue weighted by Crippen LogP contribution is 2.28. The van der Waals surface area contributed by atoms with Gasteiger partial charge in [-0.3, -0.25) is 4.57 Å². The third kappa shape index (κ3) is 2.73. The number of fused-ring (bicyclic) bond motifs is 1. The van der Waals surface area contributed by atoms with Crippen molar-refractivity contribution in [1.29, 1.82) is 0 Å². The standard InChI is InChI=1S/C18H17NO4/c1-19-17-13(5-4-6-15(17)23-18(19)20)9-7-12-8-10-14(21-2)16(11-12)22-3/h4-11H,1-3H3/b9-7-. The van der Waals surface area contributed by atoms with Crippen LogP contribution in [0.1, 0.15) is 11.1 Å². The van der Waals surface area contributed by atoms with Gasteiger partial charge in [-0.1, -0.05) is 30.4 Å². The van der Waals surface area contributed by atoms with Crippen molar-refractivity contribution in [3.63, 3.8) is 0 Å². The molecular weight excluding hydrogens is 294 g/mol. The molecule has 0 spiro atoms. The number of para-hydroxylation sites is 1. The fourth-order valence-electron chi connectivity index (χ4n) is 2.51. The first kappa shape index (κ1) is 15.0. The lowest BCUT2D eigenvalue weighted by molar-refractivity contribution is 0.355. The normalized spacial score (nSPS) is 11.3. The highest BCUT2D eigenvalue weighted by molar-refractivity contribution is 5.87. The minimum absolute atomic E-state index is 0.369. The summed E-state index contributed by atoms with van der Waals surface area (Å²) in [5.74, 6) is 0.986. The van der Waals surface area contributed by atoms with Gasteiger partial charge in [0, 0.05) is 12.6 Å². The molecule has 3 aromatic rings. The molecule has 0 saturated heterocycles. The summed E-state index contributed by atoms with van der Waals surface area (Å²) in [6.07, 6.45) is 3.90. The van der Waals surface area contributed by atoms with Gasteiger partial charge in [-0.2, -0.15) is 0 Å². The molecule has 0 radical (unpaired) electrons. The van der Waals surface area contributed by atoms with Crippen molar-refractivity contribution in [3.8, 4) is 11.5 Å². The first-order valence-corrected chi connectivity index (χ1v) is 7.12. The Labute approximate surface area is 133 Å². The fourth-order valence-corrected chi connectivity index (χ4v) is 2.51. The van der Waals surface area contributed by atoms with E-state index in [-0.39, 0.29) is 5.76 Å².